The van der Waals surface area contributed by atoms with Crippen LogP contribution in [0.15, 0.2) is 59.7 Å². The van der Waals surface area contributed by atoms with Crippen LogP contribution in [0.5, 0.6) is 0 Å². The van der Waals surface area contributed by atoms with Crippen LogP contribution in [0.1, 0.15) is 5.56 Å². The van der Waals surface area contributed by atoms with E-state index in [1.165, 1.54) is 5.56 Å². The van der Waals surface area contributed by atoms with Gasteiger partial charge in [-0.1, -0.05) is 30.3 Å². The van der Waals surface area contributed by atoms with Crippen molar-refractivity contribution in [1.82, 2.24) is 24.4 Å². The Morgan fingerprint density at radius 3 is 2.73 bits per heavy atom. The topological polar surface area (TPSA) is 65.1 Å². The molecule has 4 rings (SSSR count). The lowest BCUT2D eigenvalue weighted by molar-refractivity contribution is 0.672. The van der Waals surface area contributed by atoms with Crippen molar-refractivity contribution in [3.8, 4) is 0 Å². The van der Waals surface area contributed by atoms with Gasteiger partial charge in [-0.15, -0.1) is 10.2 Å². The number of benzene rings is 1. The van der Waals surface area contributed by atoms with Gasteiger partial charge >= 0.3 is 0 Å². The third kappa shape index (κ3) is 2.05. The van der Waals surface area contributed by atoms with Crippen LogP contribution in [0.2, 0.25) is 0 Å². The Hall–Kier alpha value is -3.02. The predicted octanol–water partition coefficient (Wildman–Crippen LogP) is 1.68. The molecule has 0 spiro atoms. The summed E-state index contributed by atoms with van der Waals surface area (Å²) in [5, 5.41) is 12.3. The Morgan fingerprint density at radius 1 is 1.00 bits per heavy atom. The number of fused-ring (bicyclic) bond motifs is 3. The van der Waals surface area contributed by atoms with E-state index in [1.807, 2.05) is 24.3 Å². The van der Waals surface area contributed by atoms with Crippen LogP contribution in [0, 0.1) is 0 Å². The van der Waals surface area contributed by atoms with Gasteiger partial charge in [-0.2, -0.15) is 5.10 Å². The van der Waals surface area contributed by atoms with E-state index in [9.17, 15) is 4.79 Å². The number of hydrogen-bond acceptors (Lipinski definition) is 4. The summed E-state index contributed by atoms with van der Waals surface area (Å²) in [5.41, 5.74) is 2.71. The second-order valence-corrected chi connectivity index (χ2v) is 5.08. The van der Waals surface area contributed by atoms with Crippen LogP contribution < -0.4 is 5.56 Å². The van der Waals surface area contributed by atoms with Crippen molar-refractivity contribution < 1.29 is 0 Å². The van der Waals surface area contributed by atoms with Gasteiger partial charge in [0.1, 0.15) is 5.52 Å². The van der Waals surface area contributed by atoms with Gasteiger partial charge in [-0.3, -0.25) is 4.79 Å². The first kappa shape index (κ1) is 12.7. The van der Waals surface area contributed by atoms with Gasteiger partial charge in [-0.05, 0) is 18.1 Å². The van der Waals surface area contributed by atoms with Crippen molar-refractivity contribution in [3.63, 3.8) is 0 Å². The first-order valence-electron chi connectivity index (χ1n) is 7.06. The third-order valence-corrected chi connectivity index (χ3v) is 3.71. The van der Waals surface area contributed by atoms with E-state index in [0.717, 1.165) is 6.42 Å². The molecular formula is C16H13N5O. The van der Waals surface area contributed by atoms with Crippen molar-refractivity contribution in [3.05, 3.63) is 70.8 Å². The molecule has 4 aromatic rings. The Labute approximate surface area is 125 Å². The van der Waals surface area contributed by atoms with Crippen molar-refractivity contribution in [2.24, 2.45) is 0 Å². The summed E-state index contributed by atoms with van der Waals surface area (Å²) in [6, 6.07) is 13.7. The van der Waals surface area contributed by atoms with Crippen LogP contribution in [0.25, 0.3) is 16.7 Å². The van der Waals surface area contributed by atoms with E-state index in [4.69, 9.17) is 0 Å². The minimum atomic E-state index is -0.140. The highest BCUT2D eigenvalue weighted by Crippen LogP contribution is 2.08. The summed E-state index contributed by atoms with van der Waals surface area (Å²) in [7, 11) is 0. The van der Waals surface area contributed by atoms with E-state index in [1.54, 1.807) is 27.5 Å². The number of nitrogens with zero attached hydrogens (tertiary/aromatic N) is 5. The Morgan fingerprint density at radius 2 is 1.86 bits per heavy atom. The van der Waals surface area contributed by atoms with Gasteiger partial charge in [0.15, 0.2) is 11.2 Å². The van der Waals surface area contributed by atoms with Crippen LogP contribution in [0.4, 0.5) is 0 Å². The number of hydrogen-bond donors (Lipinski definition) is 0. The quantitative estimate of drug-likeness (QED) is 0.576. The van der Waals surface area contributed by atoms with Crippen molar-refractivity contribution >= 4 is 16.7 Å². The lowest BCUT2D eigenvalue weighted by Crippen LogP contribution is -2.22. The maximum Gasteiger partial charge on any atom is 0.280 e. The van der Waals surface area contributed by atoms with E-state index in [0.29, 0.717) is 23.2 Å². The minimum Gasteiger partial charge on any atom is -0.313 e. The predicted molar refractivity (Wildman–Crippen MR) is 82.7 cm³/mol. The van der Waals surface area contributed by atoms with E-state index in [-0.39, 0.29) is 5.56 Å². The summed E-state index contributed by atoms with van der Waals surface area (Å²) in [6.07, 6.45) is 4.23. The van der Waals surface area contributed by atoms with E-state index < -0.39 is 0 Å². The summed E-state index contributed by atoms with van der Waals surface area (Å²) >= 11 is 0. The Kier molecular flexibility index (Phi) is 2.93. The fourth-order valence-electron chi connectivity index (χ4n) is 2.55. The summed E-state index contributed by atoms with van der Waals surface area (Å²) in [6.45, 7) is 0.609. The molecular weight excluding hydrogens is 278 g/mol. The van der Waals surface area contributed by atoms with Gasteiger partial charge in [0.05, 0.1) is 6.20 Å². The molecule has 0 aliphatic carbocycles. The zero-order valence-electron chi connectivity index (χ0n) is 11.8. The molecule has 108 valence electrons. The average molecular weight is 291 g/mol. The molecule has 3 aromatic heterocycles. The second kappa shape index (κ2) is 5.07. The molecule has 0 saturated heterocycles. The lowest BCUT2D eigenvalue weighted by atomic mass is 10.1. The maximum atomic E-state index is 12.5. The van der Waals surface area contributed by atoms with Gasteiger partial charge in [0.2, 0.25) is 0 Å². The molecule has 6 heteroatoms. The molecule has 0 N–H and O–H groups in total. The summed E-state index contributed by atoms with van der Waals surface area (Å²) in [4.78, 5) is 12.5. The fourth-order valence-corrected chi connectivity index (χ4v) is 2.55. The molecule has 0 bridgehead atoms. The molecule has 0 amide bonds. The Balaban J connectivity index is 1.75. The second-order valence-electron chi connectivity index (χ2n) is 5.08. The summed E-state index contributed by atoms with van der Waals surface area (Å²) < 4.78 is 3.30. The monoisotopic (exact) mass is 291 g/mol. The number of pyridine rings is 1. The van der Waals surface area contributed by atoms with Crippen LogP contribution in [-0.2, 0) is 13.0 Å². The van der Waals surface area contributed by atoms with Gasteiger partial charge < -0.3 is 4.57 Å². The highest BCUT2D eigenvalue weighted by Gasteiger charge is 2.09. The third-order valence-electron chi connectivity index (χ3n) is 3.71. The molecule has 0 fully saturated rings. The minimum absolute atomic E-state index is 0.140. The van der Waals surface area contributed by atoms with E-state index >= 15 is 0 Å². The van der Waals surface area contributed by atoms with Gasteiger partial charge in [-0.25, -0.2) is 4.52 Å². The van der Waals surface area contributed by atoms with Crippen molar-refractivity contribution in [2.45, 2.75) is 13.0 Å². The standard InChI is InChI=1S/C16H13N5O/c22-16-15-13(21-14(18-19-15)6-9-17-21)8-11-20(16)10-7-12-4-2-1-3-5-12/h1-6,8-9,11H,7,10H2. The largest absolute Gasteiger partial charge is 0.313 e. The van der Waals surface area contributed by atoms with Crippen molar-refractivity contribution in [1.29, 1.82) is 0 Å². The molecule has 0 radical (unpaired) electrons. The molecule has 0 atom stereocenters. The zero-order valence-corrected chi connectivity index (χ0v) is 11.8. The number of rotatable bonds is 3. The molecule has 0 aliphatic rings. The number of aromatic nitrogens is 5. The molecule has 0 unspecified atom stereocenters. The first-order valence-corrected chi connectivity index (χ1v) is 7.06. The smallest absolute Gasteiger partial charge is 0.280 e. The molecule has 1 aromatic carbocycles. The molecule has 22 heavy (non-hydrogen) atoms. The van der Waals surface area contributed by atoms with Gasteiger partial charge in [0, 0.05) is 18.8 Å². The summed E-state index contributed by atoms with van der Waals surface area (Å²) in [5.74, 6) is 0. The highest BCUT2D eigenvalue weighted by atomic mass is 16.1. The number of aryl methyl sites for hydroxylation is 2. The molecule has 0 saturated carbocycles. The fraction of sp³-hybridized carbons (Fsp3) is 0.125. The molecule has 3 heterocycles. The molecule has 6 nitrogen and oxygen atoms in total. The lowest BCUT2D eigenvalue weighted by Gasteiger charge is -2.07. The van der Waals surface area contributed by atoms with Crippen LogP contribution in [0.3, 0.4) is 0 Å². The Bertz CT molecular complexity index is 1000. The van der Waals surface area contributed by atoms with Crippen LogP contribution in [-0.4, -0.2) is 24.4 Å². The maximum absolute atomic E-state index is 12.5. The highest BCUT2D eigenvalue weighted by molar-refractivity contribution is 5.74. The molecule has 0 aliphatic heterocycles. The van der Waals surface area contributed by atoms with Crippen LogP contribution >= 0.6 is 0 Å². The SMILES string of the molecule is O=c1c2nnc3ccnn3c2ccn1CCc1ccccc1. The first-order chi connectivity index (χ1) is 10.8. The van der Waals surface area contributed by atoms with Gasteiger partial charge in [0.25, 0.3) is 5.56 Å². The normalized spacial score (nSPS) is 11.3. The zero-order chi connectivity index (χ0) is 14.9. The van der Waals surface area contributed by atoms with E-state index in [2.05, 4.69) is 27.4 Å². The average Bonchev–Trinajstić information content (AvgIpc) is 3.04. The van der Waals surface area contributed by atoms with Crippen molar-refractivity contribution in [2.75, 3.05) is 0 Å².